The molecule has 0 unspecified atom stereocenters. The Balaban J connectivity index is 1.41. The van der Waals surface area contributed by atoms with Crippen LogP contribution in [0.3, 0.4) is 0 Å². The summed E-state index contributed by atoms with van der Waals surface area (Å²) in [7, 11) is 0. The summed E-state index contributed by atoms with van der Waals surface area (Å²) in [6, 6.07) is 14.8. The zero-order chi connectivity index (χ0) is 22.4. The molecule has 0 spiro atoms. The maximum absolute atomic E-state index is 12.5. The van der Waals surface area contributed by atoms with Crippen molar-refractivity contribution in [2.45, 2.75) is 64.5 Å². The third-order valence-electron chi connectivity index (χ3n) is 6.79. The first-order valence-electron chi connectivity index (χ1n) is 12.1. The number of carbonyl (C=O) groups is 1. The van der Waals surface area contributed by atoms with Gasteiger partial charge in [0, 0.05) is 25.2 Å². The van der Waals surface area contributed by atoms with Crippen molar-refractivity contribution in [3.05, 3.63) is 59.2 Å². The van der Waals surface area contributed by atoms with Crippen molar-refractivity contribution in [2.75, 3.05) is 26.3 Å². The van der Waals surface area contributed by atoms with E-state index in [9.17, 15) is 4.79 Å². The normalized spacial score (nSPS) is 20.5. The van der Waals surface area contributed by atoms with E-state index < -0.39 is 0 Å². The second-order valence-corrected chi connectivity index (χ2v) is 9.14. The molecular weight excluding hydrogens is 400 g/mol. The smallest absolute Gasteiger partial charge is 0.260 e. The van der Waals surface area contributed by atoms with Gasteiger partial charge in [0.2, 0.25) is 0 Å². The van der Waals surface area contributed by atoms with E-state index in [2.05, 4.69) is 42.6 Å². The number of aryl methyl sites for hydroxylation is 1. The van der Waals surface area contributed by atoms with Gasteiger partial charge in [-0.05, 0) is 81.2 Å². The number of amides is 1. The van der Waals surface area contributed by atoms with Gasteiger partial charge in [-0.15, -0.1) is 0 Å². The van der Waals surface area contributed by atoms with Crippen molar-refractivity contribution in [2.24, 2.45) is 0 Å². The van der Waals surface area contributed by atoms with Gasteiger partial charge in [-0.1, -0.05) is 30.3 Å². The highest BCUT2D eigenvalue weighted by Crippen LogP contribution is 2.35. The molecule has 1 amide bonds. The molecule has 2 aromatic carbocycles. The lowest BCUT2D eigenvalue weighted by Gasteiger charge is -2.37. The van der Waals surface area contributed by atoms with Gasteiger partial charge in [0.25, 0.3) is 5.91 Å². The predicted octanol–water partition coefficient (Wildman–Crippen LogP) is 4.82. The average molecular weight is 437 g/mol. The molecule has 0 bridgehead atoms. The Morgan fingerprint density at radius 2 is 1.84 bits per heavy atom. The van der Waals surface area contributed by atoms with Crippen molar-refractivity contribution >= 4 is 5.91 Å². The highest BCUT2D eigenvalue weighted by molar-refractivity contribution is 5.78. The number of likely N-dealkylation sites (tertiary alicyclic amines) is 1. The Morgan fingerprint density at radius 1 is 1.03 bits per heavy atom. The molecule has 2 aromatic rings. The van der Waals surface area contributed by atoms with Crippen LogP contribution in [-0.4, -0.2) is 37.1 Å². The van der Waals surface area contributed by atoms with Crippen LogP contribution >= 0.6 is 0 Å². The van der Waals surface area contributed by atoms with Gasteiger partial charge in [0.15, 0.2) is 18.1 Å². The molecule has 4 rings (SSSR count). The number of nitrogens with one attached hydrogen (secondary N) is 1. The molecule has 0 saturated carbocycles. The Hall–Kier alpha value is -2.53. The molecule has 172 valence electrons. The molecule has 1 aliphatic heterocycles. The Bertz CT molecular complexity index is 923. The summed E-state index contributed by atoms with van der Waals surface area (Å²) in [6.45, 7) is 7.31. The summed E-state index contributed by atoms with van der Waals surface area (Å²) < 4.78 is 11.7. The number of fused-ring (bicyclic) bond motifs is 1. The lowest BCUT2D eigenvalue weighted by molar-refractivity contribution is -0.134. The van der Waals surface area contributed by atoms with Crippen LogP contribution in [0.5, 0.6) is 11.5 Å². The Labute approximate surface area is 192 Å². The van der Waals surface area contributed by atoms with E-state index in [1.807, 2.05) is 24.0 Å². The predicted molar refractivity (Wildman–Crippen MR) is 127 cm³/mol. The molecule has 1 saturated heterocycles. The molecular formula is C27H36N2O3. The first-order valence-corrected chi connectivity index (χ1v) is 12.1. The Kier molecular flexibility index (Phi) is 7.36. The van der Waals surface area contributed by atoms with Gasteiger partial charge in [0.05, 0.1) is 6.61 Å². The molecule has 1 atom stereocenters. The van der Waals surface area contributed by atoms with Gasteiger partial charge in [-0.2, -0.15) is 0 Å². The van der Waals surface area contributed by atoms with Crippen LogP contribution < -0.4 is 14.8 Å². The number of rotatable bonds is 8. The third-order valence-corrected chi connectivity index (χ3v) is 6.79. The van der Waals surface area contributed by atoms with Crippen molar-refractivity contribution in [3.8, 4) is 11.5 Å². The summed E-state index contributed by atoms with van der Waals surface area (Å²) in [5.74, 6) is 1.39. The van der Waals surface area contributed by atoms with Gasteiger partial charge in [-0.25, -0.2) is 0 Å². The zero-order valence-electron chi connectivity index (χ0n) is 19.5. The number of benzene rings is 2. The molecule has 0 aromatic heterocycles. The standard InChI is InChI=1S/C27H36N2O3/c1-3-31-25-18-21(13-14-24(25)32-20-26(30)29-16-7-4-8-17-29)19-28-27(2)15-9-11-22-10-5-6-12-23(22)27/h5-6,10,12-14,18,28H,3-4,7-9,11,15-17,19-20H2,1-2H3/t27-/m1/s1. The minimum atomic E-state index is -0.0311. The van der Waals surface area contributed by atoms with E-state index >= 15 is 0 Å². The maximum atomic E-state index is 12.5. The fraction of sp³-hybridized carbons (Fsp3) is 0.519. The molecule has 0 radical (unpaired) electrons. The van der Waals surface area contributed by atoms with Crippen molar-refractivity contribution in [3.63, 3.8) is 0 Å². The van der Waals surface area contributed by atoms with Crippen LogP contribution in [0.4, 0.5) is 0 Å². The fourth-order valence-corrected chi connectivity index (χ4v) is 4.95. The number of ether oxygens (including phenoxy) is 2. The second kappa shape index (κ2) is 10.4. The average Bonchev–Trinajstić information content (AvgIpc) is 2.83. The van der Waals surface area contributed by atoms with Gasteiger partial charge in [-0.3, -0.25) is 4.79 Å². The minimum absolute atomic E-state index is 0.0311. The third kappa shape index (κ3) is 5.26. The van der Waals surface area contributed by atoms with Crippen LogP contribution in [0.1, 0.15) is 62.6 Å². The topological polar surface area (TPSA) is 50.8 Å². The molecule has 1 fully saturated rings. The summed E-state index contributed by atoms with van der Waals surface area (Å²) in [5.41, 5.74) is 3.97. The Morgan fingerprint density at radius 3 is 2.66 bits per heavy atom. The molecule has 1 N–H and O–H groups in total. The lowest BCUT2D eigenvalue weighted by Crippen LogP contribution is -2.41. The molecule has 1 aliphatic carbocycles. The van der Waals surface area contributed by atoms with E-state index in [0.29, 0.717) is 18.1 Å². The lowest BCUT2D eigenvalue weighted by atomic mass is 9.77. The van der Waals surface area contributed by atoms with Gasteiger partial charge < -0.3 is 19.7 Å². The zero-order valence-corrected chi connectivity index (χ0v) is 19.5. The van der Waals surface area contributed by atoms with Crippen LogP contribution in [0.25, 0.3) is 0 Å². The van der Waals surface area contributed by atoms with Crippen molar-refractivity contribution in [1.29, 1.82) is 0 Å². The SMILES string of the molecule is CCOc1cc(CN[C@]2(C)CCCc3ccccc32)ccc1OCC(=O)N1CCCCC1. The van der Waals surface area contributed by atoms with Crippen LogP contribution in [0, 0.1) is 0 Å². The van der Waals surface area contributed by atoms with Crippen molar-refractivity contribution in [1.82, 2.24) is 10.2 Å². The minimum Gasteiger partial charge on any atom is -0.490 e. The van der Waals surface area contributed by atoms with E-state index in [4.69, 9.17) is 9.47 Å². The van der Waals surface area contributed by atoms with E-state index in [0.717, 1.165) is 50.9 Å². The number of nitrogens with zero attached hydrogens (tertiary/aromatic N) is 1. The summed E-state index contributed by atoms with van der Waals surface area (Å²) in [5, 5.41) is 3.80. The molecule has 5 heteroatoms. The summed E-state index contributed by atoms with van der Waals surface area (Å²) in [6.07, 6.45) is 6.86. The maximum Gasteiger partial charge on any atom is 0.260 e. The summed E-state index contributed by atoms with van der Waals surface area (Å²) >= 11 is 0. The highest BCUT2D eigenvalue weighted by Gasteiger charge is 2.31. The van der Waals surface area contributed by atoms with Gasteiger partial charge in [0.1, 0.15) is 0 Å². The second-order valence-electron chi connectivity index (χ2n) is 9.14. The van der Waals surface area contributed by atoms with E-state index in [1.165, 1.54) is 24.0 Å². The number of hydrogen-bond donors (Lipinski definition) is 1. The number of hydrogen-bond acceptors (Lipinski definition) is 4. The summed E-state index contributed by atoms with van der Waals surface area (Å²) in [4.78, 5) is 14.4. The molecule has 1 heterocycles. The van der Waals surface area contributed by atoms with Crippen LogP contribution in [-0.2, 0) is 23.3 Å². The molecule has 5 nitrogen and oxygen atoms in total. The highest BCUT2D eigenvalue weighted by atomic mass is 16.5. The van der Waals surface area contributed by atoms with Crippen LogP contribution in [0.2, 0.25) is 0 Å². The van der Waals surface area contributed by atoms with E-state index in [-0.39, 0.29) is 18.1 Å². The van der Waals surface area contributed by atoms with Gasteiger partial charge >= 0.3 is 0 Å². The van der Waals surface area contributed by atoms with Crippen molar-refractivity contribution < 1.29 is 14.3 Å². The molecule has 32 heavy (non-hydrogen) atoms. The monoisotopic (exact) mass is 436 g/mol. The van der Waals surface area contributed by atoms with Crippen LogP contribution in [0.15, 0.2) is 42.5 Å². The number of piperidine rings is 1. The molecule has 2 aliphatic rings. The fourth-order valence-electron chi connectivity index (χ4n) is 4.95. The largest absolute Gasteiger partial charge is 0.490 e. The first kappa shape index (κ1) is 22.7. The number of carbonyl (C=O) groups excluding carboxylic acids is 1. The first-order chi connectivity index (χ1) is 15.6. The quantitative estimate of drug-likeness (QED) is 0.645. The van der Waals surface area contributed by atoms with E-state index in [1.54, 1.807) is 0 Å².